The van der Waals surface area contributed by atoms with Gasteiger partial charge in [-0.05, 0) is 41.8 Å². The largest absolute Gasteiger partial charge is 0.381 e. The molecule has 0 saturated heterocycles. The zero-order chi connectivity index (χ0) is 12.8. The minimum absolute atomic E-state index is 0.839. The van der Waals surface area contributed by atoms with E-state index in [1.54, 1.807) is 0 Å². The molecule has 1 N–H and O–H groups in total. The molecule has 0 atom stereocenters. The lowest BCUT2D eigenvalue weighted by atomic mass is 10.0. The first-order chi connectivity index (χ1) is 8.79. The first kappa shape index (κ1) is 12.9. The average Bonchev–Trinajstić information content (AvgIpc) is 2.40. The van der Waals surface area contributed by atoms with Gasteiger partial charge >= 0.3 is 0 Å². The summed E-state index contributed by atoms with van der Waals surface area (Å²) in [6.45, 7) is 4.64. The Morgan fingerprint density at radius 2 is 1.67 bits per heavy atom. The van der Waals surface area contributed by atoms with E-state index in [2.05, 4.69) is 64.2 Å². The van der Waals surface area contributed by atoms with Gasteiger partial charge in [0.2, 0.25) is 0 Å². The Balaban J connectivity index is 2.05. The molecule has 0 aromatic heterocycles. The van der Waals surface area contributed by atoms with E-state index in [0.29, 0.717) is 0 Å². The van der Waals surface area contributed by atoms with Crippen molar-refractivity contribution in [2.45, 2.75) is 13.0 Å². The molecule has 0 aliphatic carbocycles. The highest BCUT2D eigenvalue weighted by molar-refractivity contribution is 9.10. The van der Waals surface area contributed by atoms with Crippen molar-refractivity contribution in [2.24, 2.45) is 0 Å². The van der Waals surface area contributed by atoms with E-state index in [-0.39, 0.29) is 0 Å². The highest BCUT2D eigenvalue weighted by Crippen LogP contribution is 2.16. The van der Waals surface area contributed by atoms with Crippen LogP contribution >= 0.6 is 15.9 Å². The first-order valence-electron chi connectivity index (χ1n) is 5.96. The molecular weight excluding hydrogens is 286 g/mol. The first-order valence-corrected chi connectivity index (χ1v) is 6.76. The molecule has 18 heavy (non-hydrogen) atoms. The summed E-state index contributed by atoms with van der Waals surface area (Å²) < 4.78 is 1.10. The lowest BCUT2D eigenvalue weighted by molar-refractivity contribution is 1.09. The molecule has 0 radical (unpaired) electrons. The summed E-state index contributed by atoms with van der Waals surface area (Å²) in [7, 11) is 0. The van der Waals surface area contributed by atoms with Crippen LogP contribution in [0.1, 0.15) is 11.1 Å². The maximum atomic E-state index is 3.80. The normalized spacial score (nSPS) is 10.1. The van der Waals surface area contributed by atoms with Crippen molar-refractivity contribution < 1.29 is 0 Å². The number of halogens is 1. The molecule has 2 aromatic rings. The minimum atomic E-state index is 0.839. The fourth-order valence-electron chi connectivity index (χ4n) is 1.85. The number of rotatable bonds is 5. The van der Waals surface area contributed by atoms with Gasteiger partial charge in [0.15, 0.2) is 0 Å². The second-order valence-electron chi connectivity index (χ2n) is 4.12. The van der Waals surface area contributed by atoms with Gasteiger partial charge in [-0.1, -0.05) is 46.3 Å². The molecule has 2 aromatic carbocycles. The Labute approximate surface area is 117 Å². The molecule has 0 heterocycles. The summed E-state index contributed by atoms with van der Waals surface area (Å²) >= 11 is 3.43. The van der Waals surface area contributed by atoms with Crippen molar-refractivity contribution >= 4 is 21.6 Å². The van der Waals surface area contributed by atoms with Crippen LogP contribution in [0, 0.1) is 0 Å². The highest BCUT2D eigenvalue weighted by Gasteiger charge is 2.00. The Morgan fingerprint density at radius 1 is 1.00 bits per heavy atom. The Morgan fingerprint density at radius 3 is 2.33 bits per heavy atom. The summed E-state index contributed by atoms with van der Waals surface area (Å²) in [4.78, 5) is 0. The van der Waals surface area contributed by atoms with Gasteiger partial charge in [0.05, 0.1) is 0 Å². The van der Waals surface area contributed by atoms with Gasteiger partial charge in [-0.3, -0.25) is 0 Å². The second-order valence-corrected chi connectivity index (χ2v) is 5.04. The van der Waals surface area contributed by atoms with E-state index in [1.807, 2.05) is 18.2 Å². The van der Waals surface area contributed by atoms with E-state index in [4.69, 9.17) is 0 Å². The van der Waals surface area contributed by atoms with Gasteiger partial charge in [0, 0.05) is 16.7 Å². The number of benzene rings is 2. The predicted octanol–water partition coefficient (Wildman–Crippen LogP) is 4.79. The van der Waals surface area contributed by atoms with Crippen LogP contribution in [0.25, 0.3) is 0 Å². The van der Waals surface area contributed by atoms with Crippen molar-refractivity contribution in [1.29, 1.82) is 0 Å². The fourth-order valence-corrected chi connectivity index (χ4v) is 2.11. The summed E-state index contributed by atoms with van der Waals surface area (Å²) in [5, 5.41) is 3.43. The molecule has 0 spiro atoms. The van der Waals surface area contributed by atoms with Crippen molar-refractivity contribution in [3.8, 4) is 0 Å². The molecule has 1 nitrogen and oxygen atoms in total. The third-order valence-electron chi connectivity index (χ3n) is 2.81. The summed E-state index contributed by atoms with van der Waals surface area (Å²) in [5.41, 5.74) is 3.78. The van der Waals surface area contributed by atoms with Crippen LogP contribution in [-0.2, 0) is 13.0 Å². The maximum absolute atomic E-state index is 3.80. The quantitative estimate of drug-likeness (QED) is 0.783. The standard InChI is InChI=1S/C16H16BrN/c1-2-5-13-6-3-4-7-14(13)12-18-16-10-8-15(17)9-11-16/h2-4,6-11,18H,1,5,12H2. The van der Waals surface area contributed by atoms with Crippen molar-refractivity contribution in [3.63, 3.8) is 0 Å². The number of hydrogen-bond acceptors (Lipinski definition) is 1. The van der Waals surface area contributed by atoms with Gasteiger partial charge in [0.1, 0.15) is 0 Å². The van der Waals surface area contributed by atoms with Crippen LogP contribution < -0.4 is 5.32 Å². The lowest BCUT2D eigenvalue weighted by Gasteiger charge is -2.10. The average molecular weight is 302 g/mol. The predicted molar refractivity (Wildman–Crippen MR) is 81.8 cm³/mol. The van der Waals surface area contributed by atoms with E-state index in [0.717, 1.165) is 23.1 Å². The summed E-state index contributed by atoms with van der Waals surface area (Å²) in [6, 6.07) is 16.7. The topological polar surface area (TPSA) is 12.0 Å². The molecule has 0 fully saturated rings. The van der Waals surface area contributed by atoms with Gasteiger partial charge in [-0.25, -0.2) is 0 Å². The molecule has 0 amide bonds. The van der Waals surface area contributed by atoms with E-state index in [9.17, 15) is 0 Å². The maximum Gasteiger partial charge on any atom is 0.0403 e. The molecule has 0 unspecified atom stereocenters. The van der Waals surface area contributed by atoms with Gasteiger partial charge in [-0.15, -0.1) is 6.58 Å². The molecular formula is C16H16BrN. The van der Waals surface area contributed by atoms with E-state index in [1.165, 1.54) is 11.1 Å². The van der Waals surface area contributed by atoms with Gasteiger partial charge in [-0.2, -0.15) is 0 Å². The molecule has 92 valence electrons. The molecule has 0 aliphatic heterocycles. The lowest BCUT2D eigenvalue weighted by Crippen LogP contribution is -2.02. The summed E-state index contributed by atoms with van der Waals surface area (Å²) in [6.07, 6.45) is 2.86. The highest BCUT2D eigenvalue weighted by atomic mass is 79.9. The van der Waals surface area contributed by atoms with Crippen LogP contribution in [0.5, 0.6) is 0 Å². The smallest absolute Gasteiger partial charge is 0.0403 e. The van der Waals surface area contributed by atoms with Crippen LogP contribution in [0.3, 0.4) is 0 Å². The van der Waals surface area contributed by atoms with Gasteiger partial charge < -0.3 is 5.32 Å². The molecule has 2 heteroatoms. The van der Waals surface area contributed by atoms with Gasteiger partial charge in [0.25, 0.3) is 0 Å². The number of hydrogen-bond donors (Lipinski definition) is 1. The molecule has 0 aliphatic rings. The van der Waals surface area contributed by atoms with Crippen molar-refractivity contribution in [2.75, 3.05) is 5.32 Å². The summed E-state index contributed by atoms with van der Waals surface area (Å²) in [5.74, 6) is 0. The SMILES string of the molecule is C=CCc1ccccc1CNc1ccc(Br)cc1. The fraction of sp³-hybridized carbons (Fsp3) is 0.125. The Bertz CT molecular complexity index is 517. The van der Waals surface area contributed by atoms with Crippen LogP contribution in [0.4, 0.5) is 5.69 Å². The van der Waals surface area contributed by atoms with Crippen molar-refractivity contribution in [3.05, 3.63) is 76.8 Å². The Kier molecular flexibility index (Phi) is 4.59. The second kappa shape index (κ2) is 6.41. The monoisotopic (exact) mass is 301 g/mol. The third kappa shape index (κ3) is 3.47. The van der Waals surface area contributed by atoms with Crippen molar-refractivity contribution in [1.82, 2.24) is 0 Å². The van der Waals surface area contributed by atoms with Crippen LogP contribution in [0.15, 0.2) is 65.7 Å². The number of anilines is 1. The minimum Gasteiger partial charge on any atom is -0.381 e. The van der Waals surface area contributed by atoms with Crippen LogP contribution in [-0.4, -0.2) is 0 Å². The van der Waals surface area contributed by atoms with Crippen LogP contribution in [0.2, 0.25) is 0 Å². The van der Waals surface area contributed by atoms with E-state index >= 15 is 0 Å². The number of allylic oxidation sites excluding steroid dienone is 1. The number of nitrogens with one attached hydrogen (secondary N) is 1. The molecule has 0 saturated carbocycles. The van der Waals surface area contributed by atoms with E-state index < -0.39 is 0 Å². The molecule has 2 rings (SSSR count). The third-order valence-corrected chi connectivity index (χ3v) is 3.34. The Hall–Kier alpha value is -1.54. The zero-order valence-electron chi connectivity index (χ0n) is 10.2. The molecule has 0 bridgehead atoms. The zero-order valence-corrected chi connectivity index (χ0v) is 11.8.